The van der Waals surface area contributed by atoms with Crippen molar-refractivity contribution in [3.05, 3.63) is 12.2 Å². The zero-order valence-electron chi connectivity index (χ0n) is 6.60. The van der Waals surface area contributed by atoms with Gasteiger partial charge in [0.1, 0.15) is 0 Å². The van der Waals surface area contributed by atoms with E-state index in [9.17, 15) is 0 Å². The van der Waals surface area contributed by atoms with Gasteiger partial charge in [-0.25, -0.2) is 0 Å². The molecule has 2 aliphatic rings. The monoisotopic (exact) mass is 136 g/mol. The number of hydrogen-bond donors (Lipinski definition) is 0. The van der Waals surface area contributed by atoms with Crippen LogP contribution in [-0.4, -0.2) is 0 Å². The number of hydrogen-bond acceptors (Lipinski definition) is 0. The molecule has 0 amide bonds. The van der Waals surface area contributed by atoms with E-state index in [0.717, 1.165) is 11.8 Å². The van der Waals surface area contributed by atoms with E-state index >= 15 is 0 Å². The van der Waals surface area contributed by atoms with Gasteiger partial charge in [0.15, 0.2) is 0 Å². The summed E-state index contributed by atoms with van der Waals surface area (Å²) < 4.78 is 0. The molecule has 0 heteroatoms. The maximum absolute atomic E-state index is 4.16. The van der Waals surface area contributed by atoms with E-state index in [1.807, 2.05) is 0 Å². The molecule has 2 fully saturated rings. The Morgan fingerprint density at radius 3 is 2.70 bits per heavy atom. The van der Waals surface area contributed by atoms with Crippen LogP contribution in [0.3, 0.4) is 0 Å². The third kappa shape index (κ3) is 0.902. The largest absolute Gasteiger partial charge is 0.0996 e. The Labute approximate surface area is 63.3 Å². The quantitative estimate of drug-likeness (QED) is 0.449. The fourth-order valence-corrected chi connectivity index (χ4v) is 2.70. The van der Waals surface area contributed by atoms with Crippen molar-refractivity contribution in [3.63, 3.8) is 0 Å². The lowest BCUT2D eigenvalue weighted by Crippen LogP contribution is -2.15. The van der Waals surface area contributed by atoms with Crippen molar-refractivity contribution in [2.75, 3.05) is 0 Å². The van der Waals surface area contributed by atoms with Gasteiger partial charge in [-0.1, -0.05) is 18.6 Å². The van der Waals surface area contributed by atoms with Gasteiger partial charge < -0.3 is 0 Å². The van der Waals surface area contributed by atoms with E-state index in [1.54, 1.807) is 5.57 Å². The summed E-state index contributed by atoms with van der Waals surface area (Å²) in [4.78, 5) is 0. The molecule has 0 spiro atoms. The minimum Gasteiger partial charge on any atom is -0.0996 e. The molecule has 0 radical (unpaired) electrons. The number of allylic oxidation sites excluding steroid dienone is 1. The summed E-state index contributed by atoms with van der Waals surface area (Å²) in [6.45, 7) is 4.16. The molecule has 2 atom stereocenters. The smallest absolute Gasteiger partial charge is 0.0178 e. The van der Waals surface area contributed by atoms with Gasteiger partial charge >= 0.3 is 0 Å². The predicted octanol–water partition coefficient (Wildman–Crippen LogP) is 3.14. The topological polar surface area (TPSA) is 0 Å². The molecule has 2 rings (SSSR count). The molecular formula is C10H16. The van der Waals surface area contributed by atoms with Gasteiger partial charge in [0.2, 0.25) is 0 Å². The molecule has 0 N–H and O–H groups in total. The maximum Gasteiger partial charge on any atom is -0.0178 e. The Hall–Kier alpha value is -0.260. The normalized spacial score (nSPS) is 39.8. The molecule has 2 aliphatic carbocycles. The fraction of sp³-hybridized carbons (Fsp3) is 0.800. The second kappa shape index (κ2) is 2.41. The SMILES string of the molecule is C=C1CCC[C@@H]2CCC[C@@H]12. The van der Waals surface area contributed by atoms with Crippen LogP contribution >= 0.6 is 0 Å². The third-order valence-electron chi connectivity index (χ3n) is 3.26. The summed E-state index contributed by atoms with van der Waals surface area (Å²) in [7, 11) is 0. The summed E-state index contributed by atoms with van der Waals surface area (Å²) in [5.74, 6) is 1.98. The van der Waals surface area contributed by atoms with Crippen LogP contribution in [0.4, 0.5) is 0 Å². The van der Waals surface area contributed by atoms with Crippen molar-refractivity contribution in [2.24, 2.45) is 11.8 Å². The van der Waals surface area contributed by atoms with Crippen molar-refractivity contribution in [2.45, 2.75) is 38.5 Å². The third-order valence-corrected chi connectivity index (χ3v) is 3.26. The predicted molar refractivity (Wildman–Crippen MR) is 43.8 cm³/mol. The summed E-state index contributed by atoms with van der Waals surface area (Å²) in [6.07, 6.45) is 8.63. The van der Waals surface area contributed by atoms with E-state index in [1.165, 1.54) is 38.5 Å². The molecule has 0 aromatic rings. The first-order chi connectivity index (χ1) is 4.88. The first kappa shape index (κ1) is 6.45. The Bertz CT molecular complexity index is 146. The summed E-state index contributed by atoms with van der Waals surface area (Å²) in [5.41, 5.74) is 1.56. The molecule has 0 heterocycles. The van der Waals surface area contributed by atoms with E-state index in [-0.39, 0.29) is 0 Å². The van der Waals surface area contributed by atoms with E-state index in [4.69, 9.17) is 0 Å². The van der Waals surface area contributed by atoms with Gasteiger partial charge in [0.25, 0.3) is 0 Å². The van der Waals surface area contributed by atoms with E-state index < -0.39 is 0 Å². The Morgan fingerprint density at radius 1 is 1.10 bits per heavy atom. The first-order valence-electron chi connectivity index (χ1n) is 4.55. The summed E-state index contributed by atoms with van der Waals surface area (Å²) in [5, 5.41) is 0. The molecule has 2 saturated carbocycles. The van der Waals surface area contributed by atoms with Gasteiger partial charge in [-0.2, -0.15) is 0 Å². The van der Waals surface area contributed by atoms with E-state index in [2.05, 4.69) is 6.58 Å². The van der Waals surface area contributed by atoms with Crippen molar-refractivity contribution >= 4 is 0 Å². The second-order valence-corrected chi connectivity index (χ2v) is 3.85. The maximum atomic E-state index is 4.16. The highest BCUT2D eigenvalue weighted by Crippen LogP contribution is 2.44. The van der Waals surface area contributed by atoms with Gasteiger partial charge in [-0.15, -0.1) is 0 Å². The minimum absolute atomic E-state index is 0.939. The first-order valence-corrected chi connectivity index (χ1v) is 4.55. The van der Waals surface area contributed by atoms with Crippen LogP contribution in [0.2, 0.25) is 0 Å². The summed E-state index contributed by atoms with van der Waals surface area (Å²) >= 11 is 0. The number of fused-ring (bicyclic) bond motifs is 1. The van der Waals surface area contributed by atoms with Crippen LogP contribution in [0.1, 0.15) is 38.5 Å². The molecule has 0 aromatic heterocycles. The molecule has 0 nitrogen and oxygen atoms in total. The molecule has 10 heavy (non-hydrogen) atoms. The lowest BCUT2D eigenvalue weighted by atomic mass is 9.79. The minimum atomic E-state index is 0.939. The van der Waals surface area contributed by atoms with Crippen LogP contribution < -0.4 is 0 Å². The molecule has 0 bridgehead atoms. The standard InChI is InChI=1S/C10H16/c1-8-4-2-5-9-6-3-7-10(8)9/h9-10H,1-7H2/t9-,10+/m1/s1. The van der Waals surface area contributed by atoms with Crippen molar-refractivity contribution < 1.29 is 0 Å². The zero-order chi connectivity index (χ0) is 6.97. The van der Waals surface area contributed by atoms with Crippen LogP contribution in [-0.2, 0) is 0 Å². The lowest BCUT2D eigenvalue weighted by Gasteiger charge is -2.27. The Balaban J connectivity index is 2.10. The molecule has 0 unspecified atom stereocenters. The second-order valence-electron chi connectivity index (χ2n) is 3.85. The highest BCUT2D eigenvalue weighted by Gasteiger charge is 2.31. The van der Waals surface area contributed by atoms with Crippen LogP contribution in [0.25, 0.3) is 0 Å². The van der Waals surface area contributed by atoms with E-state index in [0.29, 0.717) is 0 Å². The average molecular weight is 136 g/mol. The molecule has 0 aromatic carbocycles. The van der Waals surface area contributed by atoms with Crippen molar-refractivity contribution in [1.29, 1.82) is 0 Å². The zero-order valence-corrected chi connectivity index (χ0v) is 6.60. The van der Waals surface area contributed by atoms with Crippen molar-refractivity contribution in [3.8, 4) is 0 Å². The number of rotatable bonds is 0. The van der Waals surface area contributed by atoms with Gasteiger partial charge in [0, 0.05) is 0 Å². The highest BCUT2D eigenvalue weighted by atomic mass is 14.4. The summed E-state index contributed by atoms with van der Waals surface area (Å²) in [6, 6.07) is 0. The Morgan fingerprint density at radius 2 is 1.90 bits per heavy atom. The lowest BCUT2D eigenvalue weighted by molar-refractivity contribution is 0.350. The Kier molecular flexibility index (Phi) is 1.55. The fourth-order valence-electron chi connectivity index (χ4n) is 2.70. The molecular weight excluding hydrogens is 120 g/mol. The molecule has 56 valence electrons. The van der Waals surface area contributed by atoms with Gasteiger partial charge in [-0.05, 0) is 43.9 Å². The van der Waals surface area contributed by atoms with Crippen LogP contribution in [0, 0.1) is 11.8 Å². The molecule has 0 saturated heterocycles. The highest BCUT2D eigenvalue weighted by molar-refractivity contribution is 5.08. The van der Waals surface area contributed by atoms with Crippen LogP contribution in [0.15, 0.2) is 12.2 Å². The average Bonchev–Trinajstić information content (AvgIpc) is 2.36. The van der Waals surface area contributed by atoms with Gasteiger partial charge in [0.05, 0.1) is 0 Å². The van der Waals surface area contributed by atoms with Crippen LogP contribution in [0.5, 0.6) is 0 Å². The molecule has 0 aliphatic heterocycles. The van der Waals surface area contributed by atoms with Crippen molar-refractivity contribution in [1.82, 2.24) is 0 Å². The van der Waals surface area contributed by atoms with Gasteiger partial charge in [-0.3, -0.25) is 0 Å².